The SMILES string of the molecule is COCCC(C)NC(=O)c1sc(NC(=O)c2cccc(F)c2)cc1C. The largest absolute Gasteiger partial charge is 0.385 e. The summed E-state index contributed by atoms with van der Waals surface area (Å²) in [6.07, 6.45) is 0.718. The second-order valence-electron chi connectivity index (χ2n) is 5.74. The van der Waals surface area contributed by atoms with Crippen LogP contribution in [0.3, 0.4) is 0 Å². The quantitative estimate of drug-likeness (QED) is 0.789. The van der Waals surface area contributed by atoms with Gasteiger partial charge >= 0.3 is 0 Å². The molecule has 7 heteroatoms. The first kappa shape index (κ1) is 19.1. The number of amides is 2. The van der Waals surface area contributed by atoms with Crippen LogP contribution in [-0.2, 0) is 4.74 Å². The first-order chi connectivity index (χ1) is 11.9. The predicted molar refractivity (Wildman–Crippen MR) is 96.8 cm³/mol. The lowest BCUT2D eigenvalue weighted by atomic mass is 10.2. The third-order valence-corrected chi connectivity index (χ3v) is 4.73. The second-order valence-corrected chi connectivity index (χ2v) is 6.80. The molecule has 2 rings (SSSR count). The highest BCUT2D eigenvalue weighted by Crippen LogP contribution is 2.27. The monoisotopic (exact) mass is 364 g/mol. The first-order valence-electron chi connectivity index (χ1n) is 7.88. The molecule has 0 aliphatic rings. The van der Waals surface area contributed by atoms with Crippen LogP contribution in [0, 0.1) is 12.7 Å². The van der Waals surface area contributed by atoms with E-state index in [2.05, 4.69) is 10.6 Å². The van der Waals surface area contributed by atoms with Crippen LogP contribution in [0.1, 0.15) is 38.9 Å². The van der Waals surface area contributed by atoms with E-state index in [0.717, 1.165) is 12.0 Å². The number of halogens is 1. The molecule has 0 bridgehead atoms. The molecule has 1 atom stereocenters. The summed E-state index contributed by atoms with van der Waals surface area (Å²) in [6.45, 7) is 4.29. The summed E-state index contributed by atoms with van der Waals surface area (Å²) in [4.78, 5) is 25.1. The number of ether oxygens (including phenoxy) is 1. The number of carbonyl (C=O) groups is 2. The summed E-state index contributed by atoms with van der Waals surface area (Å²) < 4.78 is 18.2. The highest BCUT2D eigenvalue weighted by molar-refractivity contribution is 7.18. The van der Waals surface area contributed by atoms with Gasteiger partial charge in [-0.15, -0.1) is 11.3 Å². The van der Waals surface area contributed by atoms with Gasteiger partial charge in [-0.2, -0.15) is 0 Å². The predicted octanol–water partition coefficient (Wildman–Crippen LogP) is 3.60. The van der Waals surface area contributed by atoms with Crippen molar-refractivity contribution < 1.29 is 18.7 Å². The van der Waals surface area contributed by atoms with Crippen LogP contribution in [0.25, 0.3) is 0 Å². The molecule has 0 saturated heterocycles. The molecule has 0 spiro atoms. The van der Waals surface area contributed by atoms with Gasteiger partial charge in [0.05, 0.1) is 9.88 Å². The first-order valence-corrected chi connectivity index (χ1v) is 8.69. The maximum atomic E-state index is 13.2. The van der Waals surface area contributed by atoms with Crippen molar-refractivity contribution in [3.63, 3.8) is 0 Å². The van der Waals surface area contributed by atoms with Gasteiger partial charge in [-0.1, -0.05) is 6.07 Å². The molecule has 0 aliphatic carbocycles. The number of hydrogen-bond donors (Lipinski definition) is 2. The fourth-order valence-corrected chi connectivity index (χ4v) is 3.21. The van der Waals surface area contributed by atoms with E-state index in [-0.39, 0.29) is 17.5 Å². The molecule has 1 unspecified atom stereocenters. The summed E-state index contributed by atoms with van der Waals surface area (Å²) in [5, 5.41) is 6.15. The summed E-state index contributed by atoms with van der Waals surface area (Å²) >= 11 is 1.19. The Labute approximate surface area is 150 Å². The Bertz CT molecular complexity index is 761. The molecule has 0 fully saturated rings. The van der Waals surface area contributed by atoms with Crippen molar-refractivity contribution in [2.24, 2.45) is 0 Å². The smallest absolute Gasteiger partial charge is 0.261 e. The Kier molecular flexibility index (Phi) is 6.66. The number of rotatable bonds is 7. The Morgan fingerprint density at radius 2 is 2.04 bits per heavy atom. The molecule has 2 aromatic rings. The molecule has 25 heavy (non-hydrogen) atoms. The van der Waals surface area contributed by atoms with Gasteiger partial charge in [-0.05, 0) is 50.1 Å². The van der Waals surface area contributed by atoms with Crippen molar-refractivity contribution in [2.45, 2.75) is 26.3 Å². The van der Waals surface area contributed by atoms with Crippen molar-refractivity contribution in [3.8, 4) is 0 Å². The van der Waals surface area contributed by atoms with Crippen molar-refractivity contribution in [3.05, 3.63) is 52.2 Å². The van der Waals surface area contributed by atoms with E-state index in [1.807, 2.05) is 13.8 Å². The number of anilines is 1. The third kappa shape index (κ3) is 5.37. The molecule has 1 aromatic heterocycles. The normalized spacial score (nSPS) is 11.8. The van der Waals surface area contributed by atoms with Gasteiger partial charge in [0.25, 0.3) is 11.8 Å². The highest BCUT2D eigenvalue weighted by Gasteiger charge is 2.17. The summed E-state index contributed by atoms with van der Waals surface area (Å²) in [5.74, 6) is -1.07. The highest BCUT2D eigenvalue weighted by atomic mass is 32.1. The number of nitrogens with one attached hydrogen (secondary N) is 2. The molecule has 2 N–H and O–H groups in total. The standard InChI is InChI=1S/C18H21FN2O3S/c1-11-9-15(21-17(22)13-5-4-6-14(19)10-13)25-16(11)18(23)20-12(2)7-8-24-3/h4-6,9-10,12H,7-8H2,1-3H3,(H,20,23)(H,21,22). The van der Waals surface area contributed by atoms with E-state index in [9.17, 15) is 14.0 Å². The van der Waals surface area contributed by atoms with Crippen LogP contribution in [0.4, 0.5) is 9.39 Å². The van der Waals surface area contributed by atoms with E-state index in [1.165, 1.54) is 35.6 Å². The average molecular weight is 364 g/mol. The van der Waals surface area contributed by atoms with Crippen LogP contribution < -0.4 is 10.6 Å². The lowest BCUT2D eigenvalue weighted by Crippen LogP contribution is -2.33. The van der Waals surface area contributed by atoms with Gasteiger partial charge < -0.3 is 15.4 Å². The van der Waals surface area contributed by atoms with E-state index in [0.29, 0.717) is 16.5 Å². The molecule has 2 amide bonds. The number of carbonyl (C=O) groups excluding carboxylic acids is 2. The van der Waals surface area contributed by atoms with Crippen molar-refractivity contribution >= 4 is 28.2 Å². The van der Waals surface area contributed by atoms with Gasteiger partial charge in [-0.25, -0.2) is 4.39 Å². The average Bonchev–Trinajstić information content (AvgIpc) is 2.93. The number of benzene rings is 1. The molecule has 0 aliphatic heterocycles. The Morgan fingerprint density at radius 1 is 1.28 bits per heavy atom. The lowest BCUT2D eigenvalue weighted by molar-refractivity contribution is 0.0932. The molecule has 0 saturated carbocycles. The zero-order valence-electron chi connectivity index (χ0n) is 14.4. The fraction of sp³-hybridized carbons (Fsp3) is 0.333. The number of hydrogen-bond acceptors (Lipinski definition) is 4. The fourth-order valence-electron chi connectivity index (χ4n) is 2.24. The molecular weight excluding hydrogens is 343 g/mol. The summed E-state index contributed by atoms with van der Waals surface area (Å²) in [5.41, 5.74) is 1.00. The van der Waals surface area contributed by atoms with Crippen LogP contribution in [-0.4, -0.2) is 31.6 Å². The molecule has 134 valence electrons. The number of thiophene rings is 1. The Morgan fingerprint density at radius 3 is 2.72 bits per heavy atom. The van der Waals surface area contributed by atoms with Crippen LogP contribution in [0.5, 0.6) is 0 Å². The van der Waals surface area contributed by atoms with Gasteiger partial charge in [-0.3, -0.25) is 9.59 Å². The second kappa shape index (κ2) is 8.73. The van der Waals surface area contributed by atoms with Gasteiger partial charge in [0.2, 0.25) is 0 Å². The summed E-state index contributed by atoms with van der Waals surface area (Å²) in [7, 11) is 1.62. The minimum atomic E-state index is -0.472. The van der Waals surface area contributed by atoms with Crippen LogP contribution in [0.2, 0.25) is 0 Å². The van der Waals surface area contributed by atoms with Gasteiger partial charge in [0, 0.05) is 25.3 Å². The molecule has 0 radical (unpaired) electrons. The van der Waals surface area contributed by atoms with Crippen LogP contribution >= 0.6 is 11.3 Å². The maximum Gasteiger partial charge on any atom is 0.261 e. The van der Waals surface area contributed by atoms with Gasteiger partial charge in [0.1, 0.15) is 5.82 Å². The Balaban J connectivity index is 2.04. The van der Waals surface area contributed by atoms with Crippen molar-refractivity contribution in [1.29, 1.82) is 0 Å². The van der Waals surface area contributed by atoms with E-state index >= 15 is 0 Å². The Hall–Kier alpha value is -2.25. The number of methoxy groups -OCH3 is 1. The maximum absolute atomic E-state index is 13.2. The topological polar surface area (TPSA) is 67.4 Å². The minimum absolute atomic E-state index is 0.0146. The van der Waals surface area contributed by atoms with E-state index in [1.54, 1.807) is 13.2 Å². The van der Waals surface area contributed by atoms with Crippen LogP contribution in [0.15, 0.2) is 30.3 Å². The van der Waals surface area contributed by atoms with Crippen molar-refractivity contribution in [2.75, 3.05) is 19.0 Å². The molecule has 5 nitrogen and oxygen atoms in total. The molecular formula is C18H21FN2O3S. The van der Waals surface area contributed by atoms with Gasteiger partial charge in [0.15, 0.2) is 0 Å². The third-order valence-electron chi connectivity index (χ3n) is 3.58. The lowest BCUT2D eigenvalue weighted by Gasteiger charge is -2.12. The molecule has 1 aromatic carbocycles. The summed E-state index contributed by atoms with van der Waals surface area (Å²) in [6, 6.07) is 7.17. The minimum Gasteiger partial charge on any atom is -0.385 e. The number of aryl methyl sites for hydroxylation is 1. The molecule has 1 heterocycles. The van der Waals surface area contributed by atoms with Crippen molar-refractivity contribution in [1.82, 2.24) is 5.32 Å². The zero-order valence-corrected chi connectivity index (χ0v) is 15.2. The van der Waals surface area contributed by atoms with E-state index in [4.69, 9.17) is 4.74 Å². The zero-order chi connectivity index (χ0) is 18.4. The van der Waals surface area contributed by atoms with E-state index < -0.39 is 11.7 Å².